The number of nitrogens with zero attached hydrogens (tertiary/aromatic N) is 5. The third-order valence-corrected chi connectivity index (χ3v) is 3.79. The van der Waals surface area contributed by atoms with Gasteiger partial charge in [-0.05, 0) is 40.9 Å². The molecule has 1 N–H and O–H groups in total. The SMILES string of the molecule is OCc1cnc2ccccc2c1.[N-]=[N+]=NCc1cnc2ccccc2c1. The minimum Gasteiger partial charge on any atom is -0.392 e. The molecule has 128 valence electrons. The number of fused-ring (bicyclic) bond motifs is 2. The Labute approximate surface area is 150 Å². The number of azide groups is 1. The second-order valence-electron chi connectivity index (χ2n) is 5.62. The first-order valence-corrected chi connectivity index (χ1v) is 8.09. The van der Waals surface area contributed by atoms with Crippen LogP contribution in [-0.2, 0) is 13.2 Å². The summed E-state index contributed by atoms with van der Waals surface area (Å²) in [7, 11) is 0. The minimum absolute atomic E-state index is 0.0534. The molecular formula is C20H17N5O. The maximum Gasteiger partial charge on any atom is 0.0702 e. The Balaban J connectivity index is 0.000000152. The predicted octanol–water partition coefficient (Wildman–Crippen LogP) is 4.77. The standard InChI is InChI=1S/C10H8N4.C10H9NO/c11-14-13-7-8-5-9-3-1-2-4-10(9)12-6-8;12-7-8-5-9-3-1-2-4-10(9)11-6-8/h1-6H,7H2;1-6,12H,7H2. The van der Waals surface area contributed by atoms with Gasteiger partial charge in [-0.2, -0.15) is 0 Å². The molecule has 0 unspecified atom stereocenters. The largest absolute Gasteiger partial charge is 0.392 e. The van der Waals surface area contributed by atoms with Gasteiger partial charge < -0.3 is 5.11 Å². The fourth-order valence-corrected chi connectivity index (χ4v) is 2.52. The molecule has 0 spiro atoms. The monoisotopic (exact) mass is 343 g/mol. The average Bonchev–Trinajstić information content (AvgIpc) is 2.72. The summed E-state index contributed by atoms with van der Waals surface area (Å²) in [6, 6.07) is 19.6. The van der Waals surface area contributed by atoms with Gasteiger partial charge in [-0.1, -0.05) is 41.5 Å². The van der Waals surface area contributed by atoms with Crippen molar-refractivity contribution in [2.75, 3.05) is 0 Å². The highest BCUT2D eigenvalue weighted by Crippen LogP contribution is 2.13. The topological polar surface area (TPSA) is 94.8 Å². The summed E-state index contributed by atoms with van der Waals surface area (Å²) in [5.41, 5.74) is 11.9. The summed E-state index contributed by atoms with van der Waals surface area (Å²) in [5, 5.41) is 14.5. The molecule has 4 rings (SSSR count). The van der Waals surface area contributed by atoms with Crippen molar-refractivity contribution in [3.63, 3.8) is 0 Å². The number of aromatic nitrogens is 2. The second-order valence-corrected chi connectivity index (χ2v) is 5.62. The average molecular weight is 343 g/mol. The number of pyridine rings is 2. The number of hydrogen-bond donors (Lipinski definition) is 1. The van der Waals surface area contributed by atoms with Crippen molar-refractivity contribution < 1.29 is 5.11 Å². The molecule has 4 aromatic rings. The van der Waals surface area contributed by atoms with Gasteiger partial charge in [-0.3, -0.25) is 9.97 Å². The lowest BCUT2D eigenvalue weighted by Gasteiger charge is -1.98. The summed E-state index contributed by atoms with van der Waals surface area (Å²) in [5.74, 6) is 0. The smallest absolute Gasteiger partial charge is 0.0702 e. The van der Waals surface area contributed by atoms with Gasteiger partial charge in [-0.15, -0.1) is 0 Å². The molecule has 0 saturated carbocycles. The van der Waals surface area contributed by atoms with Crippen molar-refractivity contribution in [3.05, 3.63) is 94.6 Å². The predicted molar refractivity (Wildman–Crippen MR) is 102 cm³/mol. The van der Waals surface area contributed by atoms with E-state index in [0.717, 1.165) is 32.9 Å². The van der Waals surface area contributed by atoms with Crippen LogP contribution in [0.25, 0.3) is 32.2 Å². The first-order chi connectivity index (χ1) is 12.8. The molecule has 0 bridgehead atoms. The van der Waals surface area contributed by atoms with Crippen LogP contribution in [0.1, 0.15) is 11.1 Å². The first kappa shape index (κ1) is 17.4. The highest BCUT2D eigenvalue weighted by Gasteiger charge is 1.95. The molecule has 6 nitrogen and oxygen atoms in total. The van der Waals surface area contributed by atoms with E-state index in [0.29, 0.717) is 6.54 Å². The summed E-state index contributed by atoms with van der Waals surface area (Å²) >= 11 is 0. The number of aliphatic hydroxyl groups is 1. The van der Waals surface area contributed by atoms with Crippen LogP contribution in [0.3, 0.4) is 0 Å². The molecule has 0 aliphatic heterocycles. The van der Waals surface area contributed by atoms with Gasteiger partial charge in [-0.25, -0.2) is 0 Å². The Bertz CT molecular complexity index is 1070. The molecule has 2 aromatic carbocycles. The number of rotatable bonds is 3. The summed E-state index contributed by atoms with van der Waals surface area (Å²) in [6.07, 6.45) is 3.43. The summed E-state index contributed by atoms with van der Waals surface area (Å²) in [4.78, 5) is 11.2. The fraction of sp³-hybridized carbons (Fsp3) is 0.100. The Morgan fingerprint density at radius 1 is 0.846 bits per heavy atom. The Morgan fingerprint density at radius 3 is 1.96 bits per heavy atom. The van der Waals surface area contributed by atoms with E-state index in [1.165, 1.54) is 0 Å². The summed E-state index contributed by atoms with van der Waals surface area (Å²) in [6.45, 7) is 0.409. The molecular weight excluding hydrogens is 326 g/mol. The molecule has 2 aromatic heterocycles. The number of para-hydroxylation sites is 2. The number of benzene rings is 2. The van der Waals surface area contributed by atoms with Crippen molar-refractivity contribution in [2.24, 2.45) is 5.11 Å². The van der Waals surface area contributed by atoms with Crippen molar-refractivity contribution in [2.45, 2.75) is 13.2 Å². The van der Waals surface area contributed by atoms with E-state index < -0.39 is 0 Å². The molecule has 0 aliphatic rings. The van der Waals surface area contributed by atoms with E-state index in [1.54, 1.807) is 12.4 Å². The van der Waals surface area contributed by atoms with Crippen molar-refractivity contribution in [3.8, 4) is 0 Å². The van der Waals surface area contributed by atoms with Gasteiger partial charge in [0.05, 0.1) is 24.2 Å². The second kappa shape index (κ2) is 8.58. The van der Waals surface area contributed by atoms with Crippen LogP contribution in [0.4, 0.5) is 0 Å². The molecule has 2 heterocycles. The number of hydrogen-bond acceptors (Lipinski definition) is 4. The zero-order chi connectivity index (χ0) is 18.2. The van der Waals surface area contributed by atoms with Gasteiger partial charge in [0.15, 0.2) is 0 Å². The maximum absolute atomic E-state index is 8.86. The normalized spacial score (nSPS) is 10.0. The Hall–Kier alpha value is -3.47. The van der Waals surface area contributed by atoms with Crippen LogP contribution in [0.15, 0.2) is 78.2 Å². The fourth-order valence-electron chi connectivity index (χ4n) is 2.52. The van der Waals surface area contributed by atoms with Gasteiger partial charge >= 0.3 is 0 Å². The van der Waals surface area contributed by atoms with Crippen LogP contribution in [0.2, 0.25) is 0 Å². The first-order valence-electron chi connectivity index (χ1n) is 8.09. The lowest BCUT2D eigenvalue weighted by Crippen LogP contribution is -1.85. The van der Waals surface area contributed by atoms with Crippen molar-refractivity contribution in [1.29, 1.82) is 0 Å². The Morgan fingerprint density at radius 2 is 1.38 bits per heavy atom. The third kappa shape index (κ3) is 4.33. The van der Waals surface area contributed by atoms with E-state index >= 15 is 0 Å². The lowest BCUT2D eigenvalue weighted by atomic mass is 10.2. The van der Waals surface area contributed by atoms with Crippen LogP contribution in [0, 0.1) is 0 Å². The zero-order valence-electron chi connectivity index (χ0n) is 14.0. The summed E-state index contributed by atoms with van der Waals surface area (Å²) < 4.78 is 0. The molecule has 26 heavy (non-hydrogen) atoms. The van der Waals surface area contributed by atoms with Crippen LogP contribution in [-0.4, -0.2) is 15.1 Å². The molecule has 0 fully saturated rings. The molecule has 0 atom stereocenters. The highest BCUT2D eigenvalue weighted by atomic mass is 16.3. The van der Waals surface area contributed by atoms with E-state index in [9.17, 15) is 0 Å². The van der Waals surface area contributed by atoms with Crippen LogP contribution in [0.5, 0.6) is 0 Å². The quantitative estimate of drug-likeness (QED) is 0.330. The van der Waals surface area contributed by atoms with Gasteiger partial charge in [0.25, 0.3) is 0 Å². The molecule has 0 aliphatic carbocycles. The van der Waals surface area contributed by atoms with Crippen molar-refractivity contribution in [1.82, 2.24) is 9.97 Å². The van der Waals surface area contributed by atoms with E-state index in [2.05, 4.69) is 20.0 Å². The zero-order valence-corrected chi connectivity index (χ0v) is 14.0. The van der Waals surface area contributed by atoms with Crippen LogP contribution >= 0.6 is 0 Å². The van der Waals surface area contributed by atoms with E-state index in [4.69, 9.17) is 10.6 Å². The minimum atomic E-state index is 0.0534. The highest BCUT2D eigenvalue weighted by molar-refractivity contribution is 5.79. The van der Waals surface area contributed by atoms with Gasteiger partial charge in [0.2, 0.25) is 0 Å². The molecule has 0 saturated heterocycles. The van der Waals surface area contributed by atoms with E-state index in [1.807, 2.05) is 60.7 Å². The third-order valence-electron chi connectivity index (χ3n) is 3.79. The maximum atomic E-state index is 8.86. The lowest BCUT2D eigenvalue weighted by molar-refractivity contribution is 0.281. The van der Waals surface area contributed by atoms with E-state index in [-0.39, 0.29) is 6.61 Å². The van der Waals surface area contributed by atoms with Crippen LogP contribution < -0.4 is 0 Å². The molecule has 0 radical (unpaired) electrons. The Kier molecular flexibility index (Phi) is 5.72. The van der Waals surface area contributed by atoms with Gasteiger partial charge in [0.1, 0.15) is 0 Å². The molecule has 0 amide bonds. The van der Waals surface area contributed by atoms with Crippen molar-refractivity contribution >= 4 is 21.8 Å². The number of aliphatic hydroxyl groups excluding tert-OH is 1. The van der Waals surface area contributed by atoms with Gasteiger partial charge in [0, 0.05) is 28.1 Å². The molecule has 6 heteroatoms.